The molecular formula is C28H28N2O5. The Morgan fingerprint density at radius 3 is 2.34 bits per heavy atom. The molecule has 3 amide bonds. The molecule has 0 N–H and O–H groups in total. The summed E-state index contributed by atoms with van der Waals surface area (Å²) >= 11 is 0. The average molecular weight is 473 g/mol. The number of ether oxygens (including phenoxy) is 1. The predicted octanol–water partition coefficient (Wildman–Crippen LogP) is 4.11. The highest BCUT2D eigenvalue weighted by molar-refractivity contribution is 6.22. The summed E-state index contributed by atoms with van der Waals surface area (Å²) in [4.78, 5) is 54.4. The Balaban J connectivity index is 1.30. The van der Waals surface area contributed by atoms with Crippen LogP contribution in [0.1, 0.15) is 37.3 Å². The first kappa shape index (κ1) is 23.0. The normalized spacial score (nSPS) is 24.0. The summed E-state index contributed by atoms with van der Waals surface area (Å²) in [5, 5.41) is 0. The monoisotopic (exact) mass is 472 g/mol. The number of hydrogen-bond donors (Lipinski definition) is 0. The molecule has 180 valence electrons. The van der Waals surface area contributed by atoms with Crippen LogP contribution in [-0.4, -0.2) is 30.2 Å². The fourth-order valence-electron chi connectivity index (χ4n) is 5.40. The van der Waals surface area contributed by atoms with Gasteiger partial charge in [-0.15, -0.1) is 0 Å². The van der Waals surface area contributed by atoms with Gasteiger partial charge in [0.25, 0.3) is 0 Å². The van der Waals surface area contributed by atoms with Gasteiger partial charge in [-0.2, -0.15) is 0 Å². The number of amides is 3. The maximum atomic E-state index is 13.0. The summed E-state index contributed by atoms with van der Waals surface area (Å²) < 4.78 is 5.61. The van der Waals surface area contributed by atoms with Gasteiger partial charge in [-0.25, -0.2) is 4.90 Å². The lowest BCUT2D eigenvalue weighted by Crippen LogP contribution is -2.31. The molecule has 2 aromatic carbocycles. The number of nitrogens with zero attached hydrogens (tertiary/aromatic N) is 2. The maximum absolute atomic E-state index is 13.0. The first-order valence-corrected chi connectivity index (χ1v) is 11.9. The molecule has 0 aromatic heterocycles. The van der Waals surface area contributed by atoms with E-state index in [1.807, 2.05) is 45.0 Å². The van der Waals surface area contributed by atoms with Crippen molar-refractivity contribution in [2.45, 2.75) is 40.0 Å². The van der Waals surface area contributed by atoms with Gasteiger partial charge in [-0.3, -0.25) is 19.2 Å². The Labute approximate surface area is 204 Å². The Morgan fingerprint density at radius 1 is 0.886 bits per heavy atom. The van der Waals surface area contributed by atoms with E-state index < -0.39 is 11.9 Å². The van der Waals surface area contributed by atoms with Crippen LogP contribution in [-0.2, 0) is 19.2 Å². The molecule has 0 unspecified atom stereocenters. The third-order valence-corrected chi connectivity index (χ3v) is 7.09. The molecule has 2 aromatic rings. The summed E-state index contributed by atoms with van der Waals surface area (Å²) in [7, 11) is 0. The summed E-state index contributed by atoms with van der Waals surface area (Å²) in [6.45, 7) is 6.17. The van der Waals surface area contributed by atoms with Gasteiger partial charge in [0, 0.05) is 24.7 Å². The summed E-state index contributed by atoms with van der Waals surface area (Å²) in [5.41, 5.74) is 4.40. The number of anilines is 2. The number of carbonyl (C=O) groups is 4. The minimum absolute atomic E-state index is 0.0737. The predicted molar refractivity (Wildman–Crippen MR) is 131 cm³/mol. The first-order chi connectivity index (χ1) is 16.7. The lowest BCUT2D eigenvalue weighted by Gasteiger charge is -2.19. The SMILES string of the molecule is CC1=CC[C@@H]2C(=O)N(c3cccc(OC(=O)[C@H]4CC(=O)N(c5cc(C)cc(C)c5)C4)c3)C(=O)[C@H]2C1. The number of fused-ring (bicyclic) bond motifs is 1. The van der Waals surface area contributed by atoms with Crippen LogP contribution in [0, 0.1) is 31.6 Å². The van der Waals surface area contributed by atoms with Crippen LogP contribution in [0.15, 0.2) is 54.1 Å². The second kappa shape index (κ2) is 8.80. The van der Waals surface area contributed by atoms with E-state index in [2.05, 4.69) is 0 Å². The smallest absolute Gasteiger partial charge is 0.316 e. The summed E-state index contributed by atoms with van der Waals surface area (Å²) in [5.74, 6) is -2.06. The van der Waals surface area contributed by atoms with E-state index in [9.17, 15) is 19.2 Å². The largest absolute Gasteiger partial charge is 0.426 e. The van der Waals surface area contributed by atoms with E-state index >= 15 is 0 Å². The van der Waals surface area contributed by atoms with Gasteiger partial charge in [0.15, 0.2) is 0 Å². The number of benzene rings is 2. The molecular weight excluding hydrogens is 444 g/mol. The van der Waals surface area contributed by atoms with Gasteiger partial charge < -0.3 is 9.64 Å². The van der Waals surface area contributed by atoms with Gasteiger partial charge in [0.2, 0.25) is 17.7 Å². The van der Waals surface area contributed by atoms with Crippen molar-refractivity contribution in [1.82, 2.24) is 0 Å². The topological polar surface area (TPSA) is 84.0 Å². The van der Waals surface area contributed by atoms with E-state index in [1.54, 1.807) is 29.2 Å². The molecule has 3 aliphatic rings. The van der Waals surface area contributed by atoms with Crippen molar-refractivity contribution < 1.29 is 23.9 Å². The van der Waals surface area contributed by atoms with E-state index in [1.165, 1.54) is 4.90 Å². The van der Waals surface area contributed by atoms with Crippen LogP contribution in [0.4, 0.5) is 11.4 Å². The third kappa shape index (κ3) is 4.27. The molecule has 2 heterocycles. The van der Waals surface area contributed by atoms with Crippen LogP contribution in [0.5, 0.6) is 5.75 Å². The van der Waals surface area contributed by atoms with Crippen molar-refractivity contribution in [2.24, 2.45) is 17.8 Å². The number of aryl methyl sites for hydroxylation is 2. The fraction of sp³-hybridized carbons (Fsp3) is 0.357. The molecule has 2 saturated heterocycles. The molecule has 35 heavy (non-hydrogen) atoms. The van der Waals surface area contributed by atoms with Gasteiger partial charge in [-0.1, -0.05) is 23.8 Å². The number of hydrogen-bond acceptors (Lipinski definition) is 5. The molecule has 0 bridgehead atoms. The van der Waals surface area contributed by atoms with Gasteiger partial charge in [-0.05, 0) is 69.0 Å². The van der Waals surface area contributed by atoms with Crippen molar-refractivity contribution in [3.8, 4) is 5.75 Å². The van der Waals surface area contributed by atoms with Crippen LogP contribution >= 0.6 is 0 Å². The molecule has 3 atom stereocenters. The zero-order chi connectivity index (χ0) is 24.9. The van der Waals surface area contributed by atoms with Crippen molar-refractivity contribution in [1.29, 1.82) is 0 Å². The molecule has 1 aliphatic carbocycles. The van der Waals surface area contributed by atoms with Gasteiger partial charge in [0.1, 0.15) is 5.75 Å². The van der Waals surface area contributed by atoms with Crippen molar-refractivity contribution in [3.05, 3.63) is 65.2 Å². The standard InChI is InChI=1S/C28H28N2O5/c1-16-7-8-23-24(12-16)27(33)30(26(23)32)20-5-4-6-22(14-20)35-28(34)19-13-25(31)29(15-19)21-10-17(2)9-18(3)11-21/h4-7,9-11,14,19,23-24H,8,12-13,15H2,1-3H3/t19-,23-,24-/m0/s1. The number of esters is 1. The van der Waals surface area contributed by atoms with Crippen molar-refractivity contribution in [2.75, 3.05) is 16.3 Å². The zero-order valence-electron chi connectivity index (χ0n) is 20.1. The van der Waals surface area contributed by atoms with Gasteiger partial charge in [0.05, 0.1) is 23.4 Å². The molecule has 0 spiro atoms. The highest BCUT2D eigenvalue weighted by Crippen LogP contribution is 2.40. The Morgan fingerprint density at radius 2 is 1.60 bits per heavy atom. The Bertz CT molecular complexity index is 1260. The molecule has 2 fully saturated rings. The first-order valence-electron chi connectivity index (χ1n) is 11.9. The minimum Gasteiger partial charge on any atom is -0.426 e. The van der Waals surface area contributed by atoms with E-state index in [4.69, 9.17) is 4.74 Å². The van der Waals surface area contributed by atoms with Crippen molar-refractivity contribution >= 4 is 35.1 Å². The number of imide groups is 1. The molecule has 5 rings (SSSR count). The van der Waals surface area contributed by atoms with E-state index in [0.717, 1.165) is 22.4 Å². The van der Waals surface area contributed by atoms with Crippen LogP contribution in [0.2, 0.25) is 0 Å². The number of carbonyl (C=O) groups excluding carboxylic acids is 4. The lowest BCUT2D eigenvalue weighted by molar-refractivity contribution is -0.139. The molecule has 0 radical (unpaired) electrons. The second-order valence-corrected chi connectivity index (χ2v) is 9.88. The molecule has 2 aliphatic heterocycles. The van der Waals surface area contributed by atoms with Crippen LogP contribution in [0.25, 0.3) is 0 Å². The van der Waals surface area contributed by atoms with Crippen LogP contribution in [0.3, 0.4) is 0 Å². The van der Waals surface area contributed by atoms with E-state index in [0.29, 0.717) is 18.5 Å². The zero-order valence-corrected chi connectivity index (χ0v) is 20.1. The Hall–Kier alpha value is -3.74. The van der Waals surface area contributed by atoms with E-state index in [-0.39, 0.29) is 48.3 Å². The summed E-state index contributed by atoms with van der Waals surface area (Å²) in [6, 6.07) is 12.4. The van der Waals surface area contributed by atoms with Gasteiger partial charge >= 0.3 is 5.97 Å². The Kier molecular flexibility index (Phi) is 5.79. The fourth-order valence-corrected chi connectivity index (χ4v) is 5.40. The quantitative estimate of drug-likeness (QED) is 0.289. The maximum Gasteiger partial charge on any atom is 0.316 e. The minimum atomic E-state index is -0.598. The average Bonchev–Trinajstić information content (AvgIpc) is 3.31. The second-order valence-electron chi connectivity index (χ2n) is 9.88. The summed E-state index contributed by atoms with van der Waals surface area (Å²) in [6.07, 6.45) is 3.26. The van der Waals surface area contributed by atoms with Crippen molar-refractivity contribution in [3.63, 3.8) is 0 Å². The number of rotatable bonds is 4. The molecule has 0 saturated carbocycles. The third-order valence-electron chi connectivity index (χ3n) is 7.09. The molecule has 7 nitrogen and oxygen atoms in total. The van der Waals surface area contributed by atoms with Crippen LogP contribution < -0.4 is 14.5 Å². The number of allylic oxidation sites excluding steroid dienone is 2. The lowest BCUT2D eigenvalue weighted by atomic mass is 9.82. The molecule has 7 heteroatoms. The highest BCUT2D eigenvalue weighted by Gasteiger charge is 2.48. The highest BCUT2D eigenvalue weighted by atomic mass is 16.5.